The molecule has 0 aliphatic heterocycles. The van der Waals surface area contributed by atoms with Crippen LogP contribution in [0.4, 0.5) is 5.69 Å². The van der Waals surface area contributed by atoms with Gasteiger partial charge in [0, 0.05) is 23.1 Å². The van der Waals surface area contributed by atoms with Gasteiger partial charge in [-0.25, -0.2) is 8.42 Å². The number of hydrogen-bond donors (Lipinski definition) is 1. The molecule has 0 amide bonds. The van der Waals surface area contributed by atoms with Crippen molar-refractivity contribution in [3.63, 3.8) is 0 Å². The predicted molar refractivity (Wildman–Crippen MR) is 109 cm³/mol. The lowest BCUT2D eigenvalue weighted by atomic mass is 9.88. The summed E-state index contributed by atoms with van der Waals surface area (Å²) in [4.78, 5) is 0.357. The Bertz CT molecular complexity index is 1120. The van der Waals surface area contributed by atoms with E-state index in [-0.39, 0.29) is 0 Å². The van der Waals surface area contributed by atoms with Crippen molar-refractivity contribution >= 4 is 26.7 Å². The molecule has 0 bridgehead atoms. The Balaban J connectivity index is 1.74. The minimum Gasteiger partial charge on any atom is -0.461 e. The molecular formula is C22H25NO3S. The lowest BCUT2D eigenvalue weighted by molar-refractivity contribution is 0.438. The van der Waals surface area contributed by atoms with Crippen LogP contribution in [0.2, 0.25) is 0 Å². The third kappa shape index (κ3) is 3.25. The number of benzene rings is 2. The van der Waals surface area contributed by atoms with Crippen LogP contribution in [0.25, 0.3) is 11.0 Å². The molecule has 1 aliphatic carbocycles. The van der Waals surface area contributed by atoms with Crippen molar-refractivity contribution in [2.24, 2.45) is 5.92 Å². The quantitative estimate of drug-likeness (QED) is 0.669. The molecule has 0 fully saturated rings. The highest BCUT2D eigenvalue weighted by Gasteiger charge is 2.24. The number of sulfonamides is 1. The van der Waals surface area contributed by atoms with Gasteiger partial charge in [0.05, 0.1) is 4.90 Å². The van der Waals surface area contributed by atoms with Crippen molar-refractivity contribution in [1.29, 1.82) is 0 Å². The van der Waals surface area contributed by atoms with Crippen LogP contribution in [0.1, 0.15) is 41.4 Å². The van der Waals surface area contributed by atoms with Gasteiger partial charge in [0.2, 0.25) is 0 Å². The molecule has 1 atom stereocenters. The van der Waals surface area contributed by atoms with E-state index in [1.807, 2.05) is 45.0 Å². The van der Waals surface area contributed by atoms with E-state index in [4.69, 9.17) is 4.42 Å². The minimum absolute atomic E-state index is 0.357. The number of aryl methyl sites for hydroxylation is 4. The Kier molecular flexibility index (Phi) is 4.30. The average Bonchev–Trinajstić information content (AvgIpc) is 2.90. The van der Waals surface area contributed by atoms with Gasteiger partial charge in [0.25, 0.3) is 10.0 Å². The summed E-state index contributed by atoms with van der Waals surface area (Å²) < 4.78 is 34.8. The van der Waals surface area contributed by atoms with Crippen LogP contribution in [-0.4, -0.2) is 8.42 Å². The van der Waals surface area contributed by atoms with Gasteiger partial charge in [-0.2, -0.15) is 0 Å². The van der Waals surface area contributed by atoms with E-state index in [2.05, 4.69) is 11.6 Å². The first-order valence-corrected chi connectivity index (χ1v) is 10.9. The van der Waals surface area contributed by atoms with E-state index < -0.39 is 10.0 Å². The Morgan fingerprint density at radius 1 is 1.07 bits per heavy atom. The normalized spacial score (nSPS) is 17.1. The summed E-state index contributed by atoms with van der Waals surface area (Å²) in [5.41, 5.74) is 5.21. The second-order valence-electron chi connectivity index (χ2n) is 7.90. The molecule has 2 aromatic carbocycles. The molecule has 4 nitrogen and oxygen atoms in total. The number of fused-ring (bicyclic) bond motifs is 3. The molecule has 27 heavy (non-hydrogen) atoms. The third-order valence-electron chi connectivity index (χ3n) is 5.42. The van der Waals surface area contributed by atoms with Crippen LogP contribution in [0.15, 0.2) is 39.6 Å². The van der Waals surface area contributed by atoms with E-state index in [0.717, 1.165) is 52.7 Å². The highest BCUT2D eigenvalue weighted by Crippen LogP contribution is 2.36. The zero-order valence-electron chi connectivity index (χ0n) is 16.2. The van der Waals surface area contributed by atoms with Crippen molar-refractivity contribution in [3.05, 3.63) is 58.3 Å². The molecule has 0 unspecified atom stereocenters. The summed E-state index contributed by atoms with van der Waals surface area (Å²) in [5, 5.41) is 1.02. The molecule has 0 saturated heterocycles. The summed E-state index contributed by atoms with van der Waals surface area (Å²) in [6.45, 7) is 7.90. The van der Waals surface area contributed by atoms with Gasteiger partial charge in [0.1, 0.15) is 11.3 Å². The SMILES string of the molecule is Cc1cc(C)c(S(=O)(=O)Nc2ccc3oc4c(c3c2)C[C@H](C)CC4)c(C)c1. The van der Waals surface area contributed by atoms with Gasteiger partial charge >= 0.3 is 0 Å². The molecule has 1 aliphatic rings. The fraction of sp³-hybridized carbons (Fsp3) is 0.364. The van der Waals surface area contributed by atoms with Crippen LogP contribution in [-0.2, 0) is 22.9 Å². The molecule has 1 heterocycles. The van der Waals surface area contributed by atoms with Crippen molar-refractivity contribution in [3.8, 4) is 0 Å². The van der Waals surface area contributed by atoms with Crippen molar-refractivity contribution in [2.45, 2.75) is 51.9 Å². The van der Waals surface area contributed by atoms with Crippen LogP contribution in [0, 0.1) is 26.7 Å². The standard InChI is InChI=1S/C22H25NO3S/c1-13-5-7-20-18(11-13)19-12-17(6-8-21(19)26-20)23-27(24,25)22-15(3)9-14(2)10-16(22)4/h6,8-10,12-13,23H,5,7,11H2,1-4H3/t13-/m1/s1. The fourth-order valence-corrected chi connectivity index (χ4v) is 5.82. The van der Waals surface area contributed by atoms with E-state index in [1.54, 1.807) is 6.07 Å². The first-order chi connectivity index (χ1) is 12.7. The second-order valence-corrected chi connectivity index (χ2v) is 9.52. The molecule has 3 aromatic rings. The Hall–Kier alpha value is -2.27. The fourth-order valence-electron chi connectivity index (χ4n) is 4.31. The number of furan rings is 1. The maximum absolute atomic E-state index is 13.0. The minimum atomic E-state index is -3.66. The van der Waals surface area contributed by atoms with E-state index in [0.29, 0.717) is 16.5 Å². The summed E-state index contributed by atoms with van der Waals surface area (Å²) in [6, 6.07) is 9.35. The summed E-state index contributed by atoms with van der Waals surface area (Å²) in [5.74, 6) is 1.67. The second kappa shape index (κ2) is 6.41. The summed E-state index contributed by atoms with van der Waals surface area (Å²) >= 11 is 0. The van der Waals surface area contributed by atoms with Crippen molar-refractivity contribution in [2.75, 3.05) is 4.72 Å². The topological polar surface area (TPSA) is 59.3 Å². The molecule has 0 saturated carbocycles. The van der Waals surface area contributed by atoms with E-state index >= 15 is 0 Å². The molecule has 5 heteroatoms. The van der Waals surface area contributed by atoms with Crippen LogP contribution in [0.5, 0.6) is 0 Å². The third-order valence-corrected chi connectivity index (χ3v) is 7.10. The highest BCUT2D eigenvalue weighted by atomic mass is 32.2. The largest absolute Gasteiger partial charge is 0.461 e. The van der Waals surface area contributed by atoms with Crippen molar-refractivity contribution < 1.29 is 12.8 Å². The van der Waals surface area contributed by atoms with Crippen LogP contribution >= 0.6 is 0 Å². The zero-order chi connectivity index (χ0) is 19.3. The number of rotatable bonds is 3. The first-order valence-electron chi connectivity index (χ1n) is 9.39. The number of hydrogen-bond acceptors (Lipinski definition) is 3. The van der Waals surface area contributed by atoms with Crippen molar-refractivity contribution in [1.82, 2.24) is 0 Å². The van der Waals surface area contributed by atoms with E-state index in [9.17, 15) is 8.42 Å². The average molecular weight is 384 g/mol. The molecule has 0 radical (unpaired) electrons. The van der Waals surface area contributed by atoms with E-state index in [1.165, 1.54) is 5.56 Å². The highest BCUT2D eigenvalue weighted by molar-refractivity contribution is 7.92. The van der Waals surface area contributed by atoms with Gasteiger partial charge in [-0.05, 0) is 68.9 Å². The first kappa shape index (κ1) is 18.1. The predicted octanol–water partition coefficient (Wildman–Crippen LogP) is 5.28. The zero-order valence-corrected chi connectivity index (χ0v) is 17.0. The Labute approximate surface area is 160 Å². The van der Waals surface area contributed by atoms with Crippen LogP contribution < -0.4 is 4.72 Å². The maximum atomic E-state index is 13.0. The lowest BCUT2D eigenvalue weighted by Crippen LogP contribution is -2.16. The number of nitrogens with one attached hydrogen (secondary N) is 1. The maximum Gasteiger partial charge on any atom is 0.262 e. The molecule has 142 valence electrons. The molecular weight excluding hydrogens is 358 g/mol. The van der Waals surface area contributed by atoms with Gasteiger partial charge in [-0.15, -0.1) is 0 Å². The molecule has 0 spiro atoms. The smallest absolute Gasteiger partial charge is 0.262 e. The van der Waals surface area contributed by atoms with Crippen LogP contribution in [0.3, 0.4) is 0 Å². The molecule has 4 rings (SSSR count). The lowest BCUT2D eigenvalue weighted by Gasteiger charge is -2.17. The van der Waals surface area contributed by atoms with Gasteiger partial charge < -0.3 is 4.42 Å². The van der Waals surface area contributed by atoms with Gasteiger partial charge in [-0.1, -0.05) is 24.6 Å². The Morgan fingerprint density at radius 2 is 1.78 bits per heavy atom. The summed E-state index contributed by atoms with van der Waals surface area (Å²) in [7, 11) is -3.66. The Morgan fingerprint density at radius 3 is 2.48 bits per heavy atom. The monoisotopic (exact) mass is 383 g/mol. The number of anilines is 1. The molecule has 1 aromatic heterocycles. The molecule has 1 N–H and O–H groups in total. The summed E-state index contributed by atoms with van der Waals surface area (Å²) in [6.07, 6.45) is 3.07. The van der Waals surface area contributed by atoms with Gasteiger partial charge in [0.15, 0.2) is 0 Å². The van der Waals surface area contributed by atoms with Gasteiger partial charge in [-0.3, -0.25) is 4.72 Å².